The van der Waals surface area contributed by atoms with Gasteiger partial charge in [0.05, 0.1) is 24.4 Å². The number of hydrogen-bond donors (Lipinski definition) is 2. The molecule has 5 rings (SSSR count). The average Bonchev–Trinajstić information content (AvgIpc) is 3.46. The molecule has 0 radical (unpaired) electrons. The summed E-state index contributed by atoms with van der Waals surface area (Å²) in [6, 6.07) is 16.7. The zero-order chi connectivity index (χ0) is 27.5. The highest BCUT2D eigenvalue weighted by atomic mass is 79.9. The fraction of sp³-hybridized carbons (Fsp3) is 0.310. The number of benzene rings is 2. The summed E-state index contributed by atoms with van der Waals surface area (Å²) in [6.45, 7) is 1.94. The third kappa shape index (κ3) is 5.90. The number of nitrogens with zero attached hydrogens (tertiary/aromatic N) is 2. The van der Waals surface area contributed by atoms with E-state index in [9.17, 15) is 19.2 Å². The molecule has 2 N–H and O–H groups in total. The standard InChI is InChI=1S/C29H29BrN4O5/c1-18-4-11-22(12-5-18)34-28(37)24-13-6-19(27(36)31-16-23-3-2-14-39-23)15-25(24)33(29(34)38)17-26(35)32-21-9-7-20(30)8-10-21/h2-5,7-12,14,19,24-25H,6,13,15-17H2,1H3,(H,31,36)(H,32,35). The summed E-state index contributed by atoms with van der Waals surface area (Å²) in [5.41, 5.74) is 2.06. The normalized spacial score (nSPS) is 20.9. The van der Waals surface area contributed by atoms with Crippen LogP contribution in [-0.4, -0.2) is 41.2 Å². The molecular weight excluding hydrogens is 564 g/mol. The van der Waals surface area contributed by atoms with Crippen molar-refractivity contribution in [3.63, 3.8) is 0 Å². The number of urea groups is 1. The van der Waals surface area contributed by atoms with Crippen LogP contribution in [0.2, 0.25) is 0 Å². The second-order valence-electron chi connectivity index (χ2n) is 9.96. The van der Waals surface area contributed by atoms with Crippen molar-refractivity contribution < 1.29 is 23.6 Å². The minimum absolute atomic E-state index is 0.162. The first-order chi connectivity index (χ1) is 18.8. The molecule has 1 aliphatic carbocycles. The summed E-state index contributed by atoms with van der Waals surface area (Å²) < 4.78 is 6.17. The lowest BCUT2D eigenvalue weighted by molar-refractivity contribution is -0.134. The molecule has 1 aromatic heterocycles. The Bertz CT molecular complexity index is 1360. The molecular formula is C29H29BrN4O5. The molecule has 2 aromatic carbocycles. The van der Waals surface area contributed by atoms with Crippen LogP contribution < -0.4 is 15.5 Å². The maximum absolute atomic E-state index is 13.8. The predicted octanol–water partition coefficient (Wildman–Crippen LogP) is 4.86. The highest BCUT2D eigenvalue weighted by molar-refractivity contribution is 9.10. The largest absolute Gasteiger partial charge is 0.467 e. The van der Waals surface area contributed by atoms with Gasteiger partial charge in [0.15, 0.2) is 0 Å². The number of carbonyl (C=O) groups is 4. The summed E-state index contributed by atoms with van der Waals surface area (Å²) >= 11 is 3.37. The van der Waals surface area contributed by atoms with Crippen LogP contribution in [0.1, 0.15) is 30.6 Å². The smallest absolute Gasteiger partial charge is 0.332 e. The number of nitrogens with one attached hydrogen (secondary N) is 2. The fourth-order valence-electron chi connectivity index (χ4n) is 5.28. The van der Waals surface area contributed by atoms with Crippen molar-refractivity contribution in [3.05, 3.63) is 82.7 Å². The molecule has 5 amide bonds. The van der Waals surface area contributed by atoms with Crippen molar-refractivity contribution in [1.82, 2.24) is 10.2 Å². The van der Waals surface area contributed by atoms with Gasteiger partial charge in [-0.15, -0.1) is 0 Å². The first-order valence-electron chi connectivity index (χ1n) is 12.9. The van der Waals surface area contributed by atoms with Crippen molar-refractivity contribution in [2.24, 2.45) is 11.8 Å². The average molecular weight is 593 g/mol. The first-order valence-corrected chi connectivity index (χ1v) is 13.7. The van der Waals surface area contributed by atoms with Crippen molar-refractivity contribution in [1.29, 1.82) is 0 Å². The molecule has 3 atom stereocenters. The number of hydrogen-bond acceptors (Lipinski definition) is 5. The number of carbonyl (C=O) groups excluding carboxylic acids is 4. The van der Waals surface area contributed by atoms with Crippen LogP contribution in [0.4, 0.5) is 16.2 Å². The minimum Gasteiger partial charge on any atom is -0.467 e. The number of rotatable bonds is 7. The maximum Gasteiger partial charge on any atom is 0.332 e. The van der Waals surface area contributed by atoms with E-state index in [1.807, 2.05) is 31.2 Å². The molecule has 10 heteroatoms. The highest BCUT2D eigenvalue weighted by Crippen LogP contribution is 2.39. The van der Waals surface area contributed by atoms with Crippen LogP contribution in [0, 0.1) is 18.8 Å². The van der Waals surface area contributed by atoms with Crippen LogP contribution in [0.3, 0.4) is 0 Å². The van der Waals surface area contributed by atoms with Crippen LogP contribution in [-0.2, 0) is 20.9 Å². The molecule has 1 aliphatic heterocycles. The van der Waals surface area contributed by atoms with Crippen molar-refractivity contribution in [2.45, 2.75) is 38.8 Å². The summed E-state index contributed by atoms with van der Waals surface area (Å²) in [7, 11) is 0. The molecule has 1 saturated heterocycles. The highest BCUT2D eigenvalue weighted by Gasteiger charge is 2.50. The Morgan fingerprint density at radius 2 is 1.77 bits per heavy atom. The van der Waals surface area contributed by atoms with Crippen LogP contribution in [0.5, 0.6) is 0 Å². The monoisotopic (exact) mass is 592 g/mol. The number of fused-ring (bicyclic) bond motifs is 1. The minimum atomic E-state index is -0.574. The van der Waals surface area contributed by atoms with Gasteiger partial charge in [-0.05, 0) is 74.7 Å². The zero-order valence-corrected chi connectivity index (χ0v) is 23.0. The Balaban J connectivity index is 1.37. The quantitative estimate of drug-likeness (QED) is 0.407. The van der Waals surface area contributed by atoms with Gasteiger partial charge in [-0.3, -0.25) is 14.4 Å². The van der Waals surface area contributed by atoms with Gasteiger partial charge in [0, 0.05) is 22.1 Å². The molecule has 39 heavy (non-hydrogen) atoms. The summed E-state index contributed by atoms with van der Waals surface area (Å²) in [5, 5.41) is 5.72. The Labute approximate surface area is 234 Å². The van der Waals surface area contributed by atoms with Crippen LogP contribution >= 0.6 is 15.9 Å². The third-order valence-corrected chi connectivity index (χ3v) is 7.84. The number of amides is 5. The number of furan rings is 1. The molecule has 2 aliphatic rings. The zero-order valence-electron chi connectivity index (χ0n) is 21.4. The fourth-order valence-corrected chi connectivity index (χ4v) is 5.55. The van der Waals surface area contributed by atoms with Gasteiger partial charge >= 0.3 is 6.03 Å². The van der Waals surface area contributed by atoms with Gasteiger partial charge in [0.1, 0.15) is 12.3 Å². The molecule has 3 unspecified atom stereocenters. The van der Waals surface area contributed by atoms with Gasteiger partial charge in [-0.2, -0.15) is 0 Å². The van der Waals surface area contributed by atoms with Crippen molar-refractivity contribution in [3.8, 4) is 0 Å². The van der Waals surface area contributed by atoms with E-state index in [2.05, 4.69) is 26.6 Å². The van der Waals surface area contributed by atoms with E-state index in [-0.39, 0.29) is 30.8 Å². The van der Waals surface area contributed by atoms with E-state index < -0.39 is 23.9 Å². The van der Waals surface area contributed by atoms with Crippen LogP contribution in [0.25, 0.3) is 0 Å². The molecule has 0 spiro atoms. The van der Waals surface area contributed by atoms with Gasteiger partial charge < -0.3 is 20.0 Å². The van der Waals surface area contributed by atoms with Gasteiger partial charge in [0.25, 0.3) is 0 Å². The summed E-state index contributed by atoms with van der Waals surface area (Å²) in [4.78, 5) is 56.2. The van der Waals surface area contributed by atoms with Crippen LogP contribution in [0.15, 0.2) is 75.8 Å². The van der Waals surface area contributed by atoms with E-state index in [1.54, 1.807) is 42.7 Å². The molecule has 1 saturated carbocycles. The lowest BCUT2D eigenvalue weighted by Gasteiger charge is -2.47. The van der Waals surface area contributed by atoms with Crippen molar-refractivity contribution in [2.75, 3.05) is 16.8 Å². The third-order valence-electron chi connectivity index (χ3n) is 7.31. The number of anilines is 2. The number of halogens is 1. The number of imide groups is 1. The topological polar surface area (TPSA) is 112 Å². The first kappa shape index (κ1) is 26.7. The van der Waals surface area contributed by atoms with E-state index >= 15 is 0 Å². The van der Waals surface area contributed by atoms with Gasteiger partial charge in [0.2, 0.25) is 17.7 Å². The van der Waals surface area contributed by atoms with E-state index in [1.165, 1.54) is 9.80 Å². The lowest BCUT2D eigenvalue weighted by Crippen LogP contribution is -2.65. The molecule has 202 valence electrons. The maximum atomic E-state index is 13.8. The SMILES string of the molecule is Cc1ccc(N2C(=O)C3CCC(C(=O)NCc4ccco4)CC3N(CC(=O)Nc3ccc(Br)cc3)C2=O)cc1. The molecule has 3 aromatic rings. The Hall–Kier alpha value is -3.92. The summed E-state index contributed by atoms with van der Waals surface area (Å²) in [6.07, 6.45) is 2.77. The Kier molecular flexibility index (Phi) is 7.83. The van der Waals surface area contributed by atoms with E-state index in [4.69, 9.17) is 4.42 Å². The lowest BCUT2D eigenvalue weighted by atomic mass is 9.75. The number of aryl methyl sites for hydroxylation is 1. The second kappa shape index (κ2) is 11.4. The van der Waals surface area contributed by atoms with Gasteiger partial charge in [-0.25, -0.2) is 9.69 Å². The Morgan fingerprint density at radius 3 is 2.46 bits per heavy atom. The molecule has 2 fully saturated rings. The van der Waals surface area contributed by atoms with E-state index in [0.717, 1.165) is 10.0 Å². The second-order valence-corrected chi connectivity index (χ2v) is 10.9. The molecule has 9 nitrogen and oxygen atoms in total. The molecule has 0 bridgehead atoms. The predicted molar refractivity (Wildman–Crippen MR) is 149 cm³/mol. The van der Waals surface area contributed by atoms with E-state index in [0.29, 0.717) is 36.4 Å². The molecule has 2 heterocycles. The Morgan fingerprint density at radius 1 is 1.03 bits per heavy atom. The van der Waals surface area contributed by atoms with Gasteiger partial charge in [-0.1, -0.05) is 33.6 Å². The van der Waals surface area contributed by atoms with Crippen molar-refractivity contribution >= 4 is 51.1 Å². The summed E-state index contributed by atoms with van der Waals surface area (Å²) in [5.74, 6) is -1.12.